The zero-order valence-electron chi connectivity index (χ0n) is 10.2. The average molecular weight is 328 g/mol. The SMILES string of the molecule is Cc1nc(CC(CBr)Cc2cccc(F)c2)cs1. The molecule has 96 valence electrons. The van der Waals surface area contributed by atoms with Crippen molar-refractivity contribution >= 4 is 27.3 Å². The Labute approximate surface area is 119 Å². The lowest BCUT2D eigenvalue weighted by Gasteiger charge is -2.12. The summed E-state index contributed by atoms with van der Waals surface area (Å²) in [6, 6.07) is 6.84. The molecule has 1 aromatic heterocycles. The first-order valence-electron chi connectivity index (χ1n) is 5.89. The van der Waals surface area contributed by atoms with Gasteiger partial charge >= 0.3 is 0 Å². The second kappa shape index (κ2) is 6.43. The van der Waals surface area contributed by atoms with Gasteiger partial charge in [0.15, 0.2) is 0 Å². The highest BCUT2D eigenvalue weighted by Crippen LogP contribution is 2.19. The van der Waals surface area contributed by atoms with Gasteiger partial charge in [0, 0.05) is 10.7 Å². The number of aromatic nitrogens is 1. The fraction of sp³-hybridized carbons (Fsp3) is 0.357. The maximum Gasteiger partial charge on any atom is 0.123 e. The molecule has 0 aliphatic rings. The summed E-state index contributed by atoms with van der Waals surface area (Å²) in [5.74, 6) is 0.290. The smallest absolute Gasteiger partial charge is 0.123 e. The normalized spacial score (nSPS) is 12.6. The Morgan fingerprint density at radius 3 is 2.83 bits per heavy atom. The summed E-state index contributed by atoms with van der Waals surface area (Å²) in [7, 11) is 0. The van der Waals surface area contributed by atoms with Crippen molar-refractivity contribution in [2.45, 2.75) is 19.8 Å². The summed E-state index contributed by atoms with van der Waals surface area (Å²) in [5.41, 5.74) is 2.18. The molecule has 0 bridgehead atoms. The summed E-state index contributed by atoms with van der Waals surface area (Å²) in [4.78, 5) is 4.48. The lowest BCUT2D eigenvalue weighted by atomic mass is 9.97. The minimum Gasteiger partial charge on any atom is -0.247 e. The number of halogens is 2. The van der Waals surface area contributed by atoms with E-state index in [9.17, 15) is 4.39 Å². The lowest BCUT2D eigenvalue weighted by molar-refractivity contribution is 0.576. The molecule has 2 aromatic rings. The fourth-order valence-corrected chi connectivity index (χ4v) is 3.06. The van der Waals surface area contributed by atoms with Crippen LogP contribution in [0.5, 0.6) is 0 Å². The van der Waals surface area contributed by atoms with E-state index in [1.165, 1.54) is 6.07 Å². The van der Waals surface area contributed by atoms with E-state index in [2.05, 4.69) is 26.3 Å². The molecule has 4 heteroatoms. The summed E-state index contributed by atoms with van der Waals surface area (Å²) >= 11 is 5.22. The number of thiazole rings is 1. The fourth-order valence-electron chi connectivity index (χ4n) is 1.98. The van der Waals surface area contributed by atoms with Gasteiger partial charge in [-0.25, -0.2) is 9.37 Å². The second-order valence-electron chi connectivity index (χ2n) is 4.42. The zero-order chi connectivity index (χ0) is 13.0. The van der Waals surface area contributed by atoms with Crippen LogP contribution in [-0.2, 0) is 12.8 Å². The van der Waals surface area contributed by atoms with Gasteiger partial charge in [0.25, 0.3) is 0 Å². The highest BCUT2D eigenvalue weighted by Gasteiger charge is 2.11. The molecule has 1 unspecified atom stereocenters. The van der Waals surface area contributed by atoms with E-state index in [0.29, 0.717) is 5.92 Å². The third-order valence-electron chi connectivity index (χ3n) is 2.80. The average Bonchev–Trinajstić information content (AvgIpc) is 2.74. The highest BCUT2D eigenvalue weighted by atomic mass is 79.9. The quantitative estimate of drug-likeness (QED) is 0.742. The first-order valence-corrected chi connectivity index (χ1v) is 7.89. The van der Waals surface area contributed by atoms with Crippen LogP contribution in [0.2, 0.25) is 0 Å². The first-order chi connectivity index (χ1) is 8.67. The third kappa shape index (κ3) is 3.89. The molecule has 18 heavy (non-hydrogen) atoms. The minimum absolute atomic E-state index is 0.162. The van der Waals surface area contributed by atoms with E-state index in [4.69, 9.17) is 0 Å². The molecule has 0 aliphatic carbocycles. The number of hydrogen-bond acceptors (Lipinski definition) is 2. The van der Waals surface area contributed by atoms with Crippen molar-refractivity contribution < 1.29 is 4.39 Å². The van der Waals surface area contributed by atoms with Gasteiger partial charge in [-0.1, -0.05) is 28.1 Å². The second-order valence-corrected chi connectivity index (χ2v) is 6.13. The van der Waals surface area contributed by atoms with Crippen molar-refractivity contribution in [3.05, 3.63) is 51.7 Å². The molecule has 0 amide bonds. The molecule has 2 rings (SSSR count). The molecule has 0 fully saturated rings. The number of benzene rings is 1. The van der Waals surface area contributed by atoms with E-state index in [1.807, 2.05) is 13.0 Å². The van der Waals surface area contributed by atoms with E-state index >= 15 is 0 Å². The number of rotatable bonds is 5. The maximum absolute atomic E-state index is 13.1. The largest absolute Gasteiger partial charge is 0.247 e. The molecule has 0 saturated carbocycles. The van der Waals surface area contributed by atoms with Crippen molar-refractivity contribution in [1.82, 2.24) is 4.98 Å². The molecule has 1 nitrogen and oxygen atoms in total. The topological polar surface area (TPSA) is 12.9 Å². The molecule has 0 radical (unpaired) electrons. The van der Waals surface area contributed by atoms with Crippen LogP contribution >= 0.6 is 27.3 Å². The zero-order valence-corrected chi connectivity index (χ0v) is 12.6. The lowest BCUT2D eigenvalue weighted by Crippen LogP contribution is -2.10. The molecule has 0 spiro atoms. The van der Waals surface area contributed by atoms with E-state index < -0.39 is 0 Å². The molecular formula is C14H15BrFNS. The maximum atomic E-state index is 13.1. The molecular weight excluding hydrogens is 313 g/mol. The van der Waals surface area contributed by atoms with Gasteiger partial charge in [0.1, 0.15) is 5.82 Å². The Morgan fingerprint density at radius 1 is 1.39 bits per heavy atom. The van der Waals surface area contributed by atoms with Crippen molar-refractivity contribution in [1.29, 1.82) is 0 Å². The van der Waals surface area contributed by atoms with E-state index in [1.54, 1.807) is 23.5 Å². The number of nitrogens with zero attached hydrogens (tertiary/aromatic N) is 1. The van der Waals surface area contributed by atoms with Gasteiger partial charge < -0.3 is 0 Å². The first kappa shape index (κ1) is 13.7. The van der Waals surface area contributed by atoms with Crippen LogP contribution in [0.3, 0.4) is 0 Å². The van der Waals surface area contributed by atoms with Gasteiger partial charge in [-0.15, -0.1) is 11.3 Å². The van der Waals surface area contributed by atoms with Crippen LogP contribution in [-0.4, -0.2) is 10.3 Å². The minimum atomic E-state index is -0.162. The Morgan fingerprint density at radius 2 is 2.22 bits per heavy atom. The van der Waals surface area contributed by atoms with Gasteiger partial charge in [-0.3, -0.25) is 0 Å². The van der Waals surface area contributed by atoms with E-state index in [0.717, 1.165) is 34.4 Å². The van der Waals surface area contributed by atoms with Crippen LogP contribution in [0, 0.1) is 18.7 Å². The number of aryl methyl sites for hydroxylation is 1. The highest BCUT2D eigenvalue weighted by molar-refractivity contribution is 9.09. The van der Waals surface area contributed by atoms with Gasteiger partial charge in [-0.05, 0) is 43.4 Å². The van der Waals surface area contributed by atoms with Crippen molar-refractivity contribution in [2.24, 2.45) is 5.92 Å². The summed E-state index contributed by atoms with van der Waals surface area (Å²) in [5, 5.41) is 4.11. The Bertz CT molecular complexity index is 512. The monoisotopic (exact) mass is 327 g/mol. The van der Waals surface area contributed by atoms with E-state index in [-0.39, 0.29) is 5.82 Å². The predicted molar refractivity (Wildman–Crippen MR) is 77.9 cm³/mol. The van der Waals surface area contributed by atoms with Gasteiger partial charge in [0.2, 0.25) is 0 Å². The van der Waals surface area contributed by atoms with Crippen LogP contribution in [0.1, 0.15) is 16.3 Å². The summed E-state index contributed by atoms with van der Waals surface area (Å²) in [6.45, 7) is 2.02. The van der Waals surface area contributed by atoms with Crippen LogP contribution in [0.25, 0.3) is 0 Å². The van der Waals surface area contributed by atoms with Crippen molar-refractivity contribution in [3.63, 3.8) is 0 Å². The van der Waals surface area contributed by atoms with Crippen molar-refractivity contribution in [3.8, 4) is 0 Å². The summed E-state index contributed by atoms with van der Waals surface area (Å²) < 4.78 is 13.1. The van der Waals surface area contributed by atoms with Crippen LogP contribution < -0.4 is 0 Å². The summed E-state index contributed by atoms with van der Waals surface area (Å²) in [6.07, 6.45) is 1.81. The molecule has 1 heterocycles. The molecule has 1 atom stereocenters. The Balaban J connectivity index is 2.01. The number of hydrogen-bond donors (Lipinski definition) is 0. The van der Waals surface area contributed by atoms with Gasteiger partial charge in [0.05, 0.1) is 10.7 Å². The third-order valence-corrected chi connectivity index (χ3v) is 4.53. The Hall–Kier alpha value is -0.740. The molecule has 1 aromatic carbocycles. The molecule has 0 N–H and O–H groups in total. The predicted octanol–water partition coefficient (Wildman–Crippen LogP) is 4.39. The standard InChI is InChI=1S/C14H15BrFNS/c1-10-17-14(9-18-10)7-12(8-15)5-11-3-2-4-13(16)6-11/h2-4,6,9,12H,5,7-8H2,1H3. The Kier molecular flexibility index (Phi) is 4.89. The van der Waals surface area contributed by atoms with Crippen molar-refractivity contribution in [2.75, 3.05) is 5.33 Å². The van der Waals surface area contributed by atoms with Crippen LogP contribution in [0.15, 0.2) is 29.6 Å². The number of alkyl halides is 1. The van der Waals surface area contributed by atoms with Gasteiger partial charge in [-0.2, -0.15) is 0 Å². The molecule has 0 saturated heterocycles. The van der Waals surface area contributed by atoms with Crippen LogP contribution in [0.4, 0.5) is 4.39 Å². The molecule has 0 aliphatic heterocycles.